The summed E-state index contributed by atoms with van der Waals surface area (Å²) in [6.45, 7) is 0. The maximum Gasteiger partial charge on any atom is 0.257 e. The van der Waals surface area contributed by atoms with Crippen molar-refractivity contribution in [1.29, 1.82) is 0 Å². The van der Waals surface area contributed by atoms with Crippen molar-refractivity contribution in [2.24, 2.45) is 21.2 Å². The molecular weight excluding hydrogens is 180 g/mol. The van der Waals surface area contributed by atoms with Crippen LogP contribution < -0.4 is 5.73 Å². The molecule has 1 aromatic rings. The van der Waals surface area contributed by atoms with Crippen LogP contribution in [0.1, 0.15) is 5.56 Å². The SMILES string of the molecule is NC(=O)C1(c2ccccc2)C=NN=N1. The Morgan fingerprint density at radius 3 is 2.50 bits per heavy atom. The van der Waals surface area contributed by atoms with Crippen molar-refractivity contribution in [3.8, 4) is 0 Å². The highest BCUT2D eigenvalue weighted by Crippen LogP contribution is 2.27. The van der Waals surface area contributed by atoms with Crippen molar-refractivity contribution in [2.45, 2.75) is 5.54 Å². The Morgan fingerprint density at radius 2 is 2.00 bits per heavy atom. The molecule has 0 saturated heterocycles. The van der Waals surface area contributed by atoms with Crippen molar-refractivity contribution in [1.82, 2.24) is 0 Å². The van der Waals surface area contributed by atoms with Gasteiger partial charge in [0.2, 0.25) is 5.54 Å². The molecule has 5 heteroatoms. The first kappa shape index (κ1) is 8.55. The molecule has 1 aliphatic heterocycles. The highest BCUT2D eigenvalue weighted by molar-refractivity contribution is 6.03. The zero-order chi connectivity index (χ0) is 10.0. The Kier molecular flexibility index (Phi) is 1.85. The average molecular weight is 188 g/mol. The van der Waals surface area contributed by atoms with Crippen LogP contribution in [0.5, 0.6) is 0 Å². The van der Waals surface area contributed by atoms with Crippen molar-refractivity contribution in [3.05, 3.63) is 35.9 Å². The van der Waals surface area contributed by atoms with Gasteiger partial charge in [0, 0.05) is 0 Å². The molecule has 0 radical (unpaired) electrons. The summed E-state index contributed by atoms with van der Waals surface area (Å²) in [6.07, 6.45) is 1.35. The first-order valence-corrected chi connectivity index (χ1v) is 4.07. The monoisotopic (exact) mass is 188 g/mol. The van der Waals surface area contributed by atoms with E-state index in [1.54, 1.807) is 12.1 Å². The van der Waals surface area contributed by atoms with E-state index in [-0.39, 0.29) is 0 Å². The van der Waals surface area contributed by atoms with Gasteiger partial charge in [-0.3, -0.25) is 4.79 Å². The molecule has 14 heavy (non-hydrogen) atoms. The van der Waals surface area contributed by atoms with Crippen molar-refractivity contribution < 1.29 is 4.79 Å². The Balaban J connectivity index is 2.54. The number of benzene rings is 1. The van der Waals surface area contributed by atoms with Crippen LogP contribution in [0, 0.1) is 0 Å². The van der Waals surface area contributed by atoms with Crippen molar-refractivity contribution in [3.63, 3.8) is 0 Å². The number of carbonyl (C=O) groups excluding carboxylic acids is 1. The molecule has 5 nitrogen and oxygen atoms in total. The zero-order valence-corrected chi connectivity index (χ0v) is 7.29. The van der Waals surface area contributed by atoms with Gasteiger partial charge in [0.1, 0.15) is 0 Å². The zero-order valence-electron chi connectivity index (χ0n) is 7.29. The summed E-state index contributed by atoms with van der Waals surface area (Å²) in [4.78, 5) is 11.3. The minimum atomic E-state index is -1.21. The van der Waals surface area contributed by atoms with Gasteiger partial charge in [0.05, 0.1) is 6.21 Å². The predicted molar refractivity (Wildman–Crippen MR) is 50.7 cm³/mol. The number of amides is 1. The molecule has 0 saturated carbocycles. The Morgan fingerprint density at radius 1 is 1.29 bits per heavy atom. The fourth-order valence-electron chi connectivity index (χ4n) is 1.31. The number of rotatable bonds is 2. The number of primary amides is 1. The second-order valence-corrected chi connectivity index (χ2v) is 2.93. The maximum absolute atomic E-state index is 11.3. The fourth-order valence-corrected chi connectivity index (χ4v) is 1.31. The van der Waals surface area contributed by atoms with Crippen LogP contribution in [0.2, 0.25) is 0 Å². The van der Waals surface area contributed by atoms with Crippen LogP contribution in [0.25, 0.3) is 0 Å². The molecule has 1 amide bonds. The van der Waals surface area contributed by atoms with Crippen LogP contribution in [-0.2, 0) is 10.3 Å². The minimum absolute atomic E-state index is 0.575. The third-order valence-corrected chi connectivity index (χ3v) is 2.09. The van der Waals surface area contributed by atoms with Crippen LogP contribution in [0.3, 0.4) is 0 Å². The quantitative estimate of drug-likeness (QED) is 0.732. The van der Waals surface area contributed by atoms with Crippen LogP contribution in [-0.4, -0.2) is 12.1 Å². The number of carbonyl (C=O) groups is 1. The lowest BCUT2D eigenvalue weighted by molar-refractivity contribution is -0.120. The van der Waals surface area contributed by atoms with Gasteiger partial charge >= 0.3 is 0 Å². The first-order valence-electron chi connectivity index (χ1n) is 4.07. The Hall–Kier alpha value is -2.04. The summed E-state index contributed by atoms with van der Waals surface area (Å²) >= 11 is 0. The van der Waals surface area contributed by atoms with Gasteiger partial charge < -0.3 is 5.73 Å². The highest BCUT2D eigenvalue weighted by atomic mass is 16.1. The number of nitrogens with two attached hydrogens (primary N) is 1. The van der Waals surface area contributed by atoms with E-state index >= 15 is 0 Å². The van der Waals surface area contributed by atoms with Gasteiger partial charge in [-0.25, -0.2) is 0 Å². The number of hydrogen-bond donors (Lipinski definition) is 1. The average Bonchev–Trinajstić information content (AvgIpc) is 2.69. The van der Waals surface area contributed by atoms with Crippen molar-refractivity contribution >= 4 is 12.1 Å². The summed E-state index contributed by atoms with van der Waals surface area (Å²) in [5.41, 5.74) is 4.75. The first-order chi connectivity index (χ1) is 6.76. The molecule has 1 aromatic carbocycles. The molecule has 2 rings (SSSR count). The van der Waals surface area contributed by atoms with E-state index in [1.165, 1.54) is 6.21 Å². The van der Waals surface area contributed by atoms with E-state index in [0.717, 1.165) is 0 Å². The lowest BCUT2D eigenvalue weighted by Crippen LogP contribution is -2.39. The van der Waals surface area contributed by atoms with E-state index in [9.17, 15) is 4.79 Å². The van der Waals surface area contributed by atoms with E-state index < -0.39 is 11.4 Å². The summed E-state index contributed by atoms with van der Waals surface area (Å²) in [5.74, 6) is -0.575. The number of hydrogen-bond acceptors (Lipinski definition) is 4. The third kappa shape index (κ3) is 1.10. The summed E-state index contributed by atoms with van der Waals surface area (Å²) in [5, 5.41) is 10.8. The number of nitrogens with zero attached hydrogens (tertiary/aromatic N) is 3. The molecule has 1 heterocycles. The molecule has 0 spiro atoms. The van der Waals surface area contributed by atoms with Gasteiger partial charge in [-0.15, -0.1) is 10.2 Å². The largest absolute Gasteiger partial charge is 0.367 e. The van der Waals surface area contributed by atoms with Gasteiger partial charge in [0.15, 0.2) is 0 Å². The summed E-state index contributed by atoms with van der Waals surface area (Å²) in [7, 11) is 0. The van der Waals surface area contributed by atoms with Crippen LogP contribution >= 0.6 is 0 Å². The molecule has 0 aliphatic carbocycles. The van der Waals surface area contributed by atoms with Gasteiger partial charge in [-0.2, -0.15) is 0 Å². The summed E-state index contributed by atoms with van der Waals surface area (Å²) in [6, 6.07) is 8.99. The predicted octanol–water partition coefficient (Wildman–Crippen LogP) is 0.819. The fraction of sp³-hybridized carbons (Fsp3) is 0.111. The van der Waals surface area contributed by atoms with Gasteiger partial charge in [-0.1, -0.05) is 30.3 Å². The molecular formula is C9H8N4O. The molecule has 1 unspecified atom stereocenters. The second-order valence-electron chi connectivity index (χ2n) is 2.93. The molecule has 0 aromatic heterocycles. The Labute approximate surface area is 80.3 Å². The van der Waals surface area contributed by atoms with Gasteiger partial charge in [0.25, 0.3) is 5.91 Å². The lowest BCUT2D eigenvalue weighted by Gasteiger charge is -2.16. The highest BCUT2D eigenvalue weighted by Gasteiger charge is 2.39. The van der Waals surface area contributed by atoms with E-state index in [4.69, 9.17) is 5.73 Å². The normalized spacial score (nSPS) is 24.0. The standard InChI is InChI=1S/C9H8N4O/c10-8(14)9(6-11-13-12-9)7-4-2-1-3-5-7/h1-6H,(H2,10,14). The smallest absolute Gasteiger partial charge is 0.257 e. The Bertz CT molecular complexity index is 398. The van der Waals surface area contributed by atoms with Crippen LogP contribution in [0.4, 0.5) is 0 Å². The topological polar surface area (TPSA) is 80.2 Å². The molecule has 1 aliphatic rings. The lowest BCUT2D eigenvalue weighted by atomic mass is 9.92. The maximum atomic E-state index is 11.3. The van der Waals surface area contributed by atoms with E-state index in [1.807, 2.05) is 18.2 Å². The molecule has 0 bridgehead atoms. The molecule has 70 valence electrons. The molecule has 2 N–H and O–H groups in total. The summed E-state index contributed by atoms with van der Waals surface area (Å²) < 4.78 is 0. The van der Waals surface area contributed by atoms with E-state index in [2.05, 4.69) is 15.4 Å². The third-order valence-electron chi connectivity index (χ3n) is 2.09. The van der Waals surface area contributed by atoms with Gasteiger partial charge in [-0.05, 0) is 10.8 Å². The molecule has 0 fully saturated rings. The minimum Gasteiger partial charge on any atom is -0.367 e. The second kappa shape index (κ2) is 3.02. The van der Waals surface area contributed by atoms with Crippen molar-refractivity contribution in [2.75, 3.05) is 0 Å². The van der Waals surface area contributed by atoms with E-state index in [0.29, 0.717) is 5.56 Å². The molecule has 1 atom stereocenters. The van der Waals surface area contributed by atoms with Crippen LogP contribution in [0.15, 0.2) is 45.8 Å².